The first-order chi connectivity index (χ1) is 14.3. The zero-order valence-electron chi connectivity index (χ0n) is 16.7. The molecule has 0 aliphatic heterocycles. The maximum atomic E-state index is 13.0. The predicted octanol–water partition coefficient (Wildman–Crippen LogP) is 2.99. The van der Waals surface area contributed by atoms with Crippen LogP contribution in [-0.2, 0) is 26.0 Å². The SMILES string of the molecule is COCCN(C(=O)Cc1ccc(-c2ccccc2)cc1)c1nc(C)c(S(N)(=O)=O)s1. The van der Waals surface area contributed by atoms with Crippen LogP contribution >= 0.6 is 11.3 Å². The van der Waals surface area contributed by atoms with E-state index in [2.05, 4.69) is 4.98 Å². The Labute approximate surface area is 180 Å². The summed E-state index contributed by atoms with van der Waals surface area (Å²) in [7, 11) is -2.36. The average Bonchev–Trinajstić information content (AvgIpc) is 3.11. The van der Waals surface area contributed by atoms with E-state index >= 15 is 0 Å². The number of aryl methyl sites for hydroxylation is 1. The maximum Gasteiger partial charge on any atom is 0.249 e. The van der Waals surface area contributed by atoms with Crippen molar-refractivity contribution in [2.75, 3.05) is 25.2 Å². The second-order valence-corrected chi connectivity index (χ2v) is 9.43. The van der Waals surface area contributed by atoms with Gasteiger partial charge in [0.2, 0.25) is 15.9 Å². The van der Waals surface area contributed by atoms with Crippen LogP contribution < -0.4 is 10.0 Å². The first kappa shape index (κ1) is 22.1. The Kier molecular flexibility index (Phi) is 6.99. The number of anilines is 1. The van der Waals surface area contributed by atoms with Crippen molar-refractivity contribution < 1.29 is 17.9 Å². The van der Waals surface area contributed by atoms with Crippen molar-refractivity contribution in [1.82, 2.24) is 4.98 Å². The number of primary sulfonamides is 1. The number of sulfonamides is 1. The highest BCUT2D eigenvalue weighted by Gasteiger charge is 2.24. The first-order valence-corrected chi connectivity index (χ1v) is 11.6. The second kappa shape index (κ2) is 9.48. The molecule has 3 aromatic rings. The van der Waals surface area contributed by atoms with Crippen LogP contribution in [0.5, 0.6) is 0 Å². The number of hydrogen-bond acceptors (Lipinski definition) is 6. The number of carbonyl (C=O) groups excluding carboxylic acids is 1. The molecule has 0 aliphatic rings. The monoisotopic (exact) mass is 445 g/mol. The van der Waals surface area contributed by atoms with Crippen molar-refractivity contribution in [1.29, 1.82) is 0 Å². The molecule has 2 aromatic carbocycles. The van der Waals surface area contributed by atoms with E-state index in [-0.39, 0.29) is 28.8 Å². The Balaban J connectivity index is 1.81. The fraction of sp³-hybridized carbons (Fsp3) is 0.238. The third-order valence-electron chi connectivity index (χ3n) is 4.47. The molecule has 30 heavy (non-hydrogen) atoms. The number of rotatable bonds is 8. The first-order valence-electron chi connectivity index (χ1n) is 9.23. The number of benzene rings is 2. The summed E-state index contributed by atoms with van der Waals surface area (Å²) in [4.78, 5) is 18.7. The quantitative estimate of drug-likeness (QED) is 0.574. The molecule has 0 saturated carbocycles. The Morgan fingerprint density at radius 2 is 1.73 bits per heavy atom. The highest BCUT2D eigenvalue weighted by atomic mass is 32.2. The van der Waals surface area contributed by atoms with Crippen LogP contribution in [0, 0.1) is 6.92 Å². The van der Waals surface area contributed by atoms with Crippen LogP contribution in [-0.4, -0.2) is 39.6 Å². The van der Waals surface area contributed by atoms with Gasteiger partial charge in [-0.15, -0.1) is 0 Å². The highest BCUT2D eigenvalue weighted by molar-refractivity contribution is 7.91. The minimum Gasteiger partial charge on any atom is -0.383 e. The van der Waals surface area contributed by atoms with Crippen LogP contribution in [0.2, 0.25) is 0 Å². The zero-order valence-corrected chi connectivity index (χ0v) is 18.4. The molecule has 0 spiro atoms. The number of amides is 1. The standard InChI is InChI=1S/C21H23N3O4S2/c1-15-20(30(22,26)27)29-21(23-15)24(12-13-28-2)19(25)14-16-8-10-18(11-9-16)17-6-4-3-5-7-17/h3-11H,12-14H2,1-2H3,(H2,22,26,27). The molecule has 158 valence electrons. The summed E-state index contributed by atoms with van der Waals surface area (Å²) in [5.41, 5.74) is 3.30. The molecule has 2 N–H and O–H groups in total. The summed E-state index contributed by atoms with van der Waals surface area (Å²) in [5.74, 6) is -0.200. The lowest BCUT2D eigenvalue weighted by Crippen LogP contribution is -2.35. The lowest BCUT2D eigenvalue weighted by atomic mass is 10.0. The van der Waals surface area contributed by atoms with E-state index in [1.165, 1.54) is 12.0 Å². The molecule has 9 heteroatoms. The van der Waals surface area contributed by atoms with Gasteiger partial charge in [-0.2, -0.15) is 0 Å². The molecule has 0 atom stereocenters. The summed E-state index contributed by atoms with van der Waals surface area (Å²) in [6.07, 6.45) is 0.155. The molecule has 7 nitrogen and oxygen atoms in total. The lowest BCUT2D eigenvalue weighted by Gasteiger charge is -2.19. The molecule has 3 rings (SSSR count). The Hall–Kier alpha value is -2.59. The number of nitrogens with two attached hydrogens (primary N) is 1. The van der Waals surface area contributed by atoms with Gasteiger partial charge in [-0.05, 0) is 23.6 Å². The molecule has 0 bridgehead atoms. The third kappa shape index (κ3) is 5.31. The smallest absolute Gasteiger partial charge is 0.249 e. The van der Waals surface area contributed by atoms with Crippen LogP contribution in [0.25, 0.3) is 11.1 Å². The average molecular weight is 446 g/mol. The number of hydrogen-bond donors (Lipinski definition) is 1. The molecule has 0 fully saturated rings. The third-order valence-corrected chi connectivity index (χ3v) is 7.20. The topological polar surface area (TPSA) is 103 Å². The van der Waals surface area contributed by atoms with E-state index in [9.17, 15) is 13.2 Å². The van der Waals surface area contributed by atoms with Gasteiger partial charge >= 0.3 is 0 Å². The minimum absolute atomic E-state index is 0.0417. The molecular weight excluding hydrogens is 422 g/mol. The molecule has 1 heterocycles. The van der Waals surface area contributed by atoms with E-state index in [0.717, 1.165) is 28.0 Å². The van der Waals surface area contributed by atoms with E-state index in [4.69, 9.17) is 9.88 Å². The Morgan fingerprint density at radius 3 is 2.30 bits per heavy atom. The Bertz CT molecular complexity index is 1110. The van der Waals surface area contributed by atoms with Crippen molar-refractivity contribution in [2.45, 2.75) is 17.6 Å². The number of aromatic nitrogens is 1. The number of thiazole rings is 1. The summed E-state index contributed by atoms with van der Waals surface area (Å²) >= 11 is 0.889. The van der Waals surface area contributed by atoms with Gasteiger partial charge in [0, 0.05) is 7.11 Å². The molecule has 0 saturated heterocycles. The van der Waals surface area contributed by atoms with Gasteiger partial charge in [0.05, 0.1) is 25.3 Å². The number of methoxy groups -OCH3 is 1. The van der Waals surface area contributed by atoms with Crippen LogP contribution in [0.1, 0.15) is 11.3 Å². The maximum absolute atomic E-state index is 13.0. The molecule has 0 radical (unpaired) electrons. The fourth-order valence-electron chi connectivity index (χ4n) is 2.97. The number of ether oxygens (including phenoxy) is 1. The van der Waals surface area contributed by atoms with Crippen molar-refractivity contribution in [2.24, 2.45) is 5.14 Å². The Morgan fingerprint density at radius 1 is 1.10 bits per heavy atom. The van der Waals surface area contributed by atoms with Gasteiger partial charge in [-0.25, -0.2) is 18.5 Å². The predicted molar refractivity (Wildman–Crippen MR) is 118 cm³/mol. The molecule has 0 unspecified atom stereocenters. The normalized spacial score (nSPS) is 11.4. The van der Waals surface area contributed by atoms with Crippen molar-refractivity contribution in [3.8, 4) is 11.1 Å². The van der Waals surface area contributed by atoms with Gasteiger partial charge in [-0.1, -0.05) is 65.9 Å². The molecule has 1 amide bonds. The fourth-order valence-corrected chi connectivity index (χ4v) is 4.96. The summed E-state index contributed by atoms with van der Waals surface area (Å²) < 4.78 is 28.5. The van der Waals surface area contributed by atoms with Gasteiger partial charge in [0.1, 0.15) is 0 Å². The lowest BCUT2D eigenvalue weighted by molar-refractivity contribution is -0.118. The highest BCUT2D eigenvalue weighted by Crippen LogP contribution is 2.29. The van der Waals surface area contributed by atoms with Gasteiger partial charge in [0.15, 0.2) is 9.34 Å². The van der Waals surface area contributed by atoms with Gasteiger partial charge in [-0.3, -0.25) is 9.69 Å². The van der Waals surface area contributed by atoms with E-state index < -0.39 is 10.0 Å². The van der Waals surface area contributed by atoms with Crippen LogP contribution in [0.4, 0.5) is 5.13 Å². The van der Waals surface area contributed by atoms with E-state index in [1.54, 1.807) is 6.92 Å². The van der Waals surface area contributed by atoms with Crippen molar-refractivity contribution >= 4 is 32.4 Å². The van der Waals surface area contributed by atoms with Crippen molar-refractivity contribution in [3.05, 3.63) is 65.9 Å². The number of nitrogens with zero attached hydrogens (tertiary/aromatic N) is 2. The molecular formula is C21H23N3O4S2. The molecule has 0 aliphatic carbocycles. The summed E-state index contributed by atoms with van der Waals surface area (Å²) in [6.45, 7) is 2.11. The second-order valence-electron chi connectivity index (χ2n) is 6.69. The number of carbonyl (C=O) groups is 1. The summed E-state index contributed by atoms with van der Waals surface area (Å²) in [5, 5.41) is 5.54. The van der Waals surface area contributed by atoms with Gasteiger partial charge in [0.25, 0.3) is 0 Å². The molecule has 1 aromatic heterocycles. The van der Waals surface area contributed by atoms with E-state index in [1.807, 2.05) is 54.6 Å². The largest absolute Gasteiger partial charge is 0.383 e. The zero-order chi connectivity index (χ0) is 21.7. The van der Waals surface area contributed by atoms with Crippen LogP contribution in [0.3, 0.4) is 0 Å². The van der Waals surface area contributed by atoms with Crippen molar-refractivity contribution in [3.63, 3.8) is 0 Å². The van der Waals surface area contributed by atoms with E-state index in [0.29, 0.717) is 11.7 Å². The minimum atomic E-state index is -3.90. The van der Waals surface area contributed by atoms with Crippen LogP contribution in [0.15, 0.2) is 58.8 Å². The van der Waals surface area contributed by atoms with Gasteiger partial charge < -0.3 is 4.74 Å². The summed E-state index contributed by atoms with van der Waals surface area (Å²) in [6, 6.07) is 17.8.